The van der Waals surface area contributed by atoms with Gasteiger partial charge in [0, 0.05) is 12.8 Å². The van der Waals surface area contributed by atoms with Crippen LogP contribution in [0.2, 0.25) is 0 Å². The van der Waals surface area contributed by atoms with Crippen LogP contribution in [0.1, 0.15) is 45.4 Å². The van der Waals surface area contributed by atoms with Crippen LogP contribution < -0.4 is 0 Å². The molecule has 3 nitrogen and oxygen atoms in total. The molecule has 1 N–H and O–H groups in total. The van der Waals surface area contributed by atoms with Crippen LogP contribution in [-0.2, 0) is 9.53 Å². The summed E-state index contributed by atoms with van der Waals surface area (Å²) in [6.07, 6.45) is 6.17. The van der Waals surface area contributed by atoms with Gasteiger partial charge in [-0.3, -0.25) is 4.79 Å². The van der Waals surface area contributed by atoms with Gasteiger partial charge in [-0.2, -0.15) is 0 Å². The van der Waals surface area contributed by atoms with E-state index in [2.05, 4.69) is 0 Å². The zero-order valence-corrected chi connectivity index (χ0v) is 9.32. The van der Waals surface area contributed by atoms with Crippen molar-refractivity contribution in [2.24, 2.45) is 11.8 Å². The lowest BCUT2D eigenvalue weighted by atomic mass is 9.68. The number of carbonyl (C=O) groups is 1. The smallest absolute Gasteiger partial charge is 0.302 e. The zero-order chi connectivity index (χ0) is 10.8. The summed E-state index contributed by atoms with van der Waals surface area (Å²) in [6.45, 7) is 1.48. The number of ether oxygens (including phenoxy) is 1. The Balaban J connectivity index is 2.03. The number of rotatable bonds is 1. The Morgan fingerprint density at radius 2 is 1.80 bits per heavy atom. The van der Waals surface area contributed by atoms with Crippen molar-refractivity contribution < 1.29 is 14.6 Å². The number of esters is 1. The van der Waals surface area contributed by atoms with Crippen LogP contribution in [0.5, 0.6) is 0 Å². The van der Waals surface area contributed by atoms with Gasteiger partial charge in [0.05, 0.1) is 6.10 Å². The fraction of sp³-hybridized carbons (Fsp3) is 0.917. The molecule has 0 aromatic heterocycles. The number of fused-ring (bicyclic) bond motifs is 1. The molecule has 0 amide bonds. The van der Waals surface area contributed by atoms with Crippen LogP contribution in [0, 0.1) is 11.8 Å². The Kier molecular flexibility index (Phi) is 3.29. The maximum Gasteiger partial charge on any atom is 0.302 e. The minimum atomic E-state index is -0.180. The van der Waals surface area contributed by atoms with Crippen molar-refractivity contribution in [1.29, 1.82) is 0 Å². The lowest BCUT2D eigenvalue weighted by molar-refractivity contribution is -0.158. The molecule has 2 rings (SSSR count). The average molecular weight is 212 g/mol. The van der Waals surface area contributed by atoms with Crippen LogP contribution >= 0.6 is 0 Å². The van der Waals surface area contributed by atoms with Gasteiger partial charge < -0.3 is 9.84 Å². The van der Waals surface area contributed by atoms with E-state index in [4.69, 9.17) is 4.74 Å². The highest BCUT2D eigenvalue weighted by Crippen LogP contribution is 2.41. The average Bonchev–Trinajstić information content (AvgIpc) is 2.22. The molecular formula is C12H20O3. The molecule has 0 spiro atoms. The van der Waals surface area contributed by atoms with E-state index in [0.717, 1.165) is 25.7 Å². The minimum absolute atomic E-state index is 0.0659. The molecule has 15 heavy (non-hydrogen) atoms. The van der Waals surface area contributed by atoms with Crippen LogP contribution in [0.4, 0.5) is 0 Å². The first kappa shape index (κ1) is 10.9. The first-order valence-electron chi connectivity index (χ1n) is 6.04. The van der Waals surface area contributed by atoms with Crippen molar-refractivity contribution >= 4 is 5.97 Å². The highest BCUT2D eigenvalue weighted by molar-refractivity contribution is 5.66. The predicted octanol–water partition coefficient (Wildman–Crippen LogP) is 1.88. The van der Waals surface area contributed by atoms with Gasteiger partial charge in [0.1, 0.15) is 6.10 Å². The summed E-state index contributed by atoms with van der Waals surface area (Å²) in [6, 6.07) is 0. The Morgan fingerprint density at radius 3 is 2.47 bits per heavy atom. The number of hydrogen-bond donors (Lipinski definition) is 1. The molecule has 0 radical (unpaired) electrons. The fourth-order valence-corrected chi connectivity index (χ4v) is 3.25. The van der Waals surface area contributed by atoms with Crippen molar-refractivity contribution in [2.45, 2.75) is 57.7 Å². The third kappa shape index (κ3) is 2.33. The molecule has 0 saturated heterocycles. The summed E-state index contributed by atoms with van der Waals surface area (Å²) in [5, 5.41) is 9.92. The molecule has 0 aromatic rings. The van der Waals surface area contributed by atoms with Gasteiger partial charge in [0.2, 0.25) is 0 Å². The van der Waals surface area contributed by atoms with E-state index in [1.807, 2.05) is 0 Å². The topological polar surface area (TPSA) is 46.5 Å². The number of aliphatic hydroxyl groups is 1. The van der Waals surface area contributed by atoms with Crippen molar-refractivity contribution in [3.8, 4) is 0 Å². The number of carbonyl (C=O) groups excluding carboxylic acids is 1. The van der Waals surface area contributed by atoms with E-state index in [-0.39, 0.29) is 18.2 Å². The lowest BCUT2D eigenvalue weighted by Gasteiger charge is -2.43. The lowest BCUT2D eigenvalue weighted by Crippen LogP contribution is -2.44. The van der Waals surface area contributed by atoms with E-state index < -0.39 is 0 Å². The first-order chi connectivity index (χ1) is 7.18. The second kappa shape index (κ2) is 4.52. The van der Waals surface area contributed by atoms with Gasteiger partial charge in [0.15, 0.2) is 0 Å². The predicted molar refractivity (Wildman–Crippen MR) is 56.2 cm³/mol. The Labute approximate surface area is 90.8 Å². The quantitative estimate of drug-likeness (QED) is 0.675. The molecule has 2 aliphatic carbocycles. The molecule has 0 heterocycles. The van der Waals surface area contributed by atoms with Gasteiger partial charge in [0.25, 0.3) is 0 Å². The van der Waals surface area contributed by atoms with Gasteiger partial charge in [-0.05, 0) is 31.6 Å². The normalized spacial score (nSPS) is 40.7. The van der Waals surface area contributed by atoms with E-state index in [9.17, 15) is 9.90 Å². The van der Waals surface area contributed by atoms with Crippen molar-refractivity contribution in [3.63, 3.8) is 0 Å². The summed E-state index contributed by atoms with van der Waals surface area (Å²) in [4.78, 5) is 11.0. The molecule has 2 aliphatic rings. The molecule has 3 heteroatoms. The molecule has 2 saturated carbocycles. The molecule has 86 valence electrons. The molecule has 0 bridgehead atoms. The highest BCUT2D eigenvalue weighted by atomic mass is 16.5. The van der Waals surface area contributed by atoms with Crippen LogP contribution in [-0.4, -0.2) is 23.3 Å². The molecule has 4 atom stereocenters. The second-order valence-corrected chi connectivity index (χ2v) is 4.90. The van der Waals surface area contributed by atoms with E-state index >= 15 is 0 Å². The third-order valence-corrected chi connectivity index (χ3v) is 3.91. The van der Waals surface area contributed by atoms with Crippen molar-refractivity contribution in [2.75, 3.05) is 0 Å². The van der Waals surface area contributed by atoms with Crippen LogP contribution in [0.25, 0.3) is 0 Å². The van der Waals surface area contributed by atoms with Gasteiger partial charge in [-0.25, -0.2) is 0 Å². The summed E-state index contributed by atoms with van der Waals surface area (Å²) in [5.41, 5.74) is 0. The summed E-state index contributed by atoms with van der Waals surface area (Å²) < 4.78 is 5.36. The summed E-state index contributed by atoms with van der Waals surface area (Å²) in [5.74, 6) is 0.601. The first-order valence-corrected chi connectivity index (χ1v) is 6.04. The third-order valence-electron chi connectivity index (χ3n) is 3.91. The van der Waals surface area contributed by atoms with E-state index in [1.54, 1.807) is 0 Å². The second-order valence-electron chi connectivity index (χ2n) is 4.90. The zero-order valence-electron chi connectivity index (χ0n) is 9.32. The summed E-state index contributed by atoms with van der Waals surface area (Å²) in [7, 11) is 0. The van der Waals surface area contributed by atoms with Crippen LogP contribution in [0.3, 0.4) is 0 Å². The highest BCUT2D eigenvalue weighted by Gasteiger charge is 2.41. The Morgan fingerprint density at radius 1 is 1.13 bits per heavy atom. The fourth-order valence-electron chi connectivity index (χ4n) is 3.25. The molecular weight excluding hydrogens is 192 g/mol. The Hall–Kier alpha value is -0.570. The standard InChI is InChI=1S/C12H20O3/c1-8(13)15-12-7-6-11(14)9-4-2-3-5-10(9)12/h9-12,14H,2-7H2,1H3/t9-,10+,11+,12-/m1/s1. The number of aliphatic hydroxyl groups excluding tert-OH is 1. The largest absolute Gasteiger partial charge is 0.462 e. The van der Waals surface area contributed by atoms with E-state index in [0.29, 0.717) is 11.8 Å². The van der Waals surface area contributed by atoms with E-state index in [1.165, 1.54) is 19.8 Å². The molecule has 0 aliphatic heterocycles. The summed E-state index contributed by atoms with van der Waals surface area (Å²) >= 11 is 0. The van der Waals surface area contributed by atoms with Crippen molar-refractivity contribution in [1.82, 2.24) is 0 Å². The van der Waals surface area contributed by atoms with Gasteiger partial charge in [-0.1, -0.05) is 12.8 Å². The SMILES string of the molecule is CC(=O)O[C@@H]1CC[C@H](O)[C@@H]2CCCC[C@@H]21. The van der Waals surface area contributed by atoms with Crippen molar-refractivity contribution in [3.05, 3.63) is 0 Å². The van der Waals surface area contributed by atoms with Crippen LogP contribution in [0.15, 0.2) is 0 Å². The molecule has 0 aromatic carbocycles. The molecule has 0 unspecified atom stereocenters. The number of hydrogen-bond acceptors (Lipinski definition) is 3. The van der Waals surface area contributed by atoms with Gasteiger partial charge in [-0.15, -0.1) is 0 Å². The van der Waals surface area contributed by atoms with Gasteiger partial charge >= 0.3 is 5.97 Å². The Bertz CT molecular complexity index is 239. The maximum absolute atomic E-state index is 11.0. The minimum Gasteiger partial charge on any atom is -0.462 e. The maximum atomic E-state index is 11.0. The monoisotopic (exact) mass is 212 g/mol. The molecule has 2 fully saturated rings.